The maximum atomic E-state index is 9.53. The van der Waals surface area contributed by atoms with Gasteiger partial charge in [0.25, 0.3) is 0 Å². The van der Waals surface area contributed by atoms with Crippen molar-refractivity contribution in [2.24, 2.45) is 0 Å². The van der Waals surface area contributed by atoms with E-state index in [1.54, 1.807) is 6.20 Å². The Bertz CT molecular complexity index is 1230. The number of anilines is 2. The van der Waals surface area contributed by atoms with E-state index in [4.69, 9.17) is 0 Å². The van der Waals surface area contributed by atoms with Gasteiger partial charge in [0.05, 0.1) is 23.8 Å². The van der Waals surface area contributed by atoms with E-state index < -0.39 is 0 Å². The van der Waals surface area contributed by atoms with E-state index in [0.717, 1.165) is 50.3 Å². The lowest BCUT2D eigenvalue weighted by Gasteiger charge is -2.43. The summed E-state index contributed by atoms with van der Waals surface area (Å²) in [5.41, 5.74) is 6.91. The summed E-state index contributed by atoms with van der Waals surface area (Å²) in [6, 6.07) is 18.3. The van der Waals surface area contributed by atoms with Crippen molar-refractivity contribution in [3.63, 3.8) is 0 Å². The Labute approximate surface area is 196 Å². The van der Waals surface area contributed by atoms with Crippen molar-refractivity contribution in [3.05, 3.63) is 65.4 Å². The number of hydrogen-bond acceptors (Lipinski definition) is 6. The minimum atomic E-state index is 0. The molecule has 0 bridgehead atoms. The number of benzene rings is 2. The molecule has 1 aromatic heterocycles. The van der Waals surface area contributed by atoms with E-state index in [1.807, 2.05) is 12.1 Å². The Morgan fingerprint density at radius 3 is 2.97 bits per heavy atom. The number of fused-ring (bicyclic) bond motifs is 4. The highest BCUT2D eigenvalue weighted by Gasteiger charge is 2.39. The largest absolute Gasteiger partial charge is 0.368 e. The normalized spacial score (nSPS) is 23.2. The molecule has 0 spiro atoms. The van der Waals surface area contributed by atoms with Gasteiger partial charge in [-0.15, -0.1) is 0 Å². The van der Waals surface area contributed by atoms with Gasteiger partial charge in [-0.25, -0.2) is 0 Å². The zero-order chi connectivity index (χ0) is 22.4. The monoisotopic (exact) mass is 440 g/mol. The van der Waals surface area contributed by atoms with Gasteiger partial charge in [0.15, 0.2) is 0 Å². The number of nitrogens with one attached hydrogen (secondary N) is 1. The van der Waals surface area contributed by atoms with Gasteiger partial charge in [0.2, 0.25) is 0 Å². The zero-order valence-corrected chi connectivity index (χ0v) is 19.2. The molecule has 0 amide bonds. The standard InChI is InChI=1S/C27H30N6.H2/c1-19-15-32(25-9-6-20(14-28)27-24(25)5-4-11-30-27)17-26-23-8-7-22(13-21(23)16-33(19)26)31-12-3-2-10-29-18-31;/h4-9,11,13,19,26,29H,2-3,10,12,15-18H2,1H3;1H/t19-,26-;/m1./s1. The Morgan fingerprint density at radius 1 is 1.12 bits per heavy atom. The first-order valence-corrected chi connectivity index (χ1v) is 12.1. The summed E-state index contributed by atoms with van der Waals surface area (Å²) in [4.78, 5) is 12.2. The molecule has 4 heterocycles. The first-order valence-electron chi connectivity index (χ1n) is 12.1. The molecular formula is C27H32N6. The number of pyridine rings is 1. The van der Waals surface area contributed by atoms with Crippen LogP contribution in [0.1, 0.15) is 43.9 Å². The van der Waals surface area contributed by atoms with E-state index in [2.05, 4.69) is 68.3 Å². The maximum absolute atomic E-state index is 9.53. The number of nitrogens with zero attached hydrogens (tertiary/aromatic N) is 5. The molecule has 1 N–H and O–H groups in total. The predicted molar refractivity (Wildman–Crippen MR) is 134 cm³/mol. The van der Waals surface area contributed by atoms with E-state index >= 15 is 0 Å². The van der Waals surface area contributed by atoms with E-state index in [9.17, 15) is 5.26 Å². The molecule has 6 rings (SSSR count). The van der Waals surface area contributed by atoms with Crippen LogP contribution in [0.3, 0.4) is 0 Å². The number of aromatic nitrogens is 1. The first-order chi connectivity index (χ1) is 16.2. The SMILES string of the molecule is C[C@@H]1CN(c2ccc(C#N)c3ncccc23)C[C@@H]2c3ccc(N4CCCCNC4)cc3CN12.[HH]. The molecule has 0 aliphatic carbocycles. The summed E-state index contributed by atoms with van der Waals surface area (Å²) >= 11 is 0. The summed E-state index contributed by atoms with van der Waals surface area (Å²) < 4.78 is 0. The van der Waals surface area contributed by atoms with Gasteiger partial charge in [-0.1, -0.05) is 6.07 Å². The Morgan fingerprint density at radius 2 is 2.06 bits per heavy atom. The quantitative estimate of drug-likeness (QED) is 0.642. The van der Waals surface area contributed by atoms with Crippen LogP contribution in [0.15, 0.2) is 48.7 Å². The fraction of sp³-hybridized carbons (Fsp3) is 0.407. The maximum Gasteiger partial charge on any atom is 0.101 e. The highest BCUT2D eigenvalue weighted by molar-refractivity contribution is 5.95. The average molecular weight is 441 g/mol. The lowest BCUT2D eigenvalue weighted by molar-refractivity contribution is 0.134. The van der Waals surface area contributed by atoms with Gasteiger partial charge >= 0.3 is 0 Å². The fourth-order valence-electron chi connectivity index (χ4n) is 5.90. The van der Waals surface area contributed by atoms with Gasteiger partial charge in [-0.05, 0) is 73.8 Å². The van der Waals surface area contributed by atoms with Crippen molar-refractivity contribution in [1.82, 2.24) is 15.2 Å². The molecule has 170 valence electrons. The number of nitriles is 1. The van der Waals surface area contributed by atoms with Crippen LogP contribution in [0.25, 0.3) is 10.9 Å². The van der Waals surface area contributed by atoms with E-state index in [0.29, 0.717) is 17.6 Å². The molecule has 0 unspecified atom stereocenters. The van der Waals surface area contributed by atoms with Crippen molar-refractivity contribution in [1.29, 1.82) is 5.26 Å². The van der Waals surface area contributed by atoms with Crippen molar-refractivity contribution in [2.75, 3.05) is 42.6 Å². The molecule has 33 heavy (non-hydrogen) atoms. The summed E-state index contributed by atoms with van der Waals surface area (Å²) in [7, 11) is 0. The van der Waals surface area contributed by atoms with Crippen molar-refractivity contribution in [3.8, 4) is 6.07 Å². The van der Waals surface area contributed by atoms with Crippen molar-refractivity contribution < 1.29 is 1.43 Å². The van der Waals surface area contributed by atoms with Crippen LogP contribution in [0, 0.1) is 11.3 Å². The summed E-state index contributed by atoms with van der Waals surface area (Å²) in [6.07, 6.45) is 4.28. The van der Waals surface area contributed by atoms with Crippen LogP contribution in [0.5, 0.6) is 0 Å². The van der Waals surface area contributed by atoms with Gasteiger partial charge in [0, 0.05) is 56.6 Å². The molecule has 2 saturated heterocycles. The second-order valence-electron chi connectivity index (χ2n) is 9.60. The highest BCUT2D eigenvalue weighted by Crippen LogP contribution is 2.42. The molecular weight excluding hydrogens is 408 g/mol. The topological polar surface area (TPSA) is 58.4 Å². The molecule has 6 nitrogen and oxygen atoms in total. The van der Waals surface area contributed by atoms with Gasteiger partial charge in [0.1, 0.15) is 6.07 Å². The molecule has 2 atom stereocenters. The third kappa shape index (κ3) is 3.52. The Hall–Kier alpha value is -3.14. The van der Waals surface area contributed by atoms with Gasteiger partial charge in [-0.3, -0.25) is 15.2 Å². The highest BCUT2D eigenvalue weighted by atomic mass is 15.3. The molecule has 0 saturated carbocycles. The zero-order valence-electron chi connectivity index (χ0n) is 19.2. The average Bonchev–Trinajstić information content (AvgIpc) is 3.02. The van der Waals surface area contributed by atoms with Crippen molar-refractivity contribution >= 4 is 22.3 Å². The molecule has 2 fully saturated rings. The fourth-order valence-corrected chi connectivity index (χ4v) is 5.90. The molecule has 3 aliphatic heterocycles. The number of piperazine rings is 1. The third-order valence-electron chi connectivity index (χ3n) is 7.59. The Balaban J connectivity index is 0.00000241. The van der Waals surface area contributed by atoms with Crippen LogP contribution in [0.2, 0.25) is 0 Å². The molecule has 0 radical (unpaired) electrons. The number of hydrogen-bond donors (Lipinski definition) is 1. The third-order valence-corrected chi connectivity index (χ3v) is 7.59. The van der Waals surface area contributed by atoms with Crippen LogP contribution < -0.4 is 15.1 Å². The lowest BCUT2D eigenvalue weighted by atomic mass is 9.99. The molecule has 3 aliphatic rings. The predicted octanol–water partition coefficient (Wildman–Crippen LogP) is 4.27. The van der Waals surface area contributed by atoms with E-state index in [1.165, 1.54) is 35.3 Å². The molecule has 2 aromatic carbocycles. The number of rotatable bonds is 2. The summed E-state index contributed by atoms with van der Waals surface area (Å²) in [5, 5.41) is 14.1. The van der Waals surface area contributed by atoms with Gasteiger partial charge in [-0.2, -0.15) is 5.26 Å². The van der Waals surface area contributed by atoms with Crippen LogP contribution in [0.4, 0.5) is 11.4 Å². The van der Waals surface area contributed by atoms with E-state index in [-0.39, 0.29) is 1.43 Å². The van der Waals surface area contributed by atoms with Gasteiger partial charge < -0.3 is 9.80 Å². The minimum absolute atomic E-state index is 0. The summed E-state index contributed by atoms with van der Waals surface area (Å²) in [5.74, 6) is 0. The van der Waals surface area contributed by atoms with Crippen LogP contribution in [-0.2, 0) is 6.54 Å². The second-order valence-corrected chi connectivity index (χ2v) is 9.60. The first kappa shape index (κ1) is 20.5. The smallest absolute Gasteiger partial charge is 0.101 e. The summed E-state index contributed by atoms with van der Waals surface area (Å²) in [6.45, 7) is 8.48. The van der Waals surface area contributed by atoms with Crippen LogP contribution in [-0.4, -0.2) is 48.8 Å². The van der Waals surface area contributed by atoms with Crippen molar-refractivity contribution in [2.45, 2.75) is 38.4 Å². The lowest BCUT2D eigenvalue weighted by Crippen LogP contribution is -2.51. The molecule has 6 heteroatoms. The minimum Gasteiger partial charge on any atom is -0.368 e. The van der Waals surface area contributed by atoms with Crippen LogP contribution >= 0.6 is 0 Å². The second kappa shape index (κ2) is 8.33. The molecule has 3 aromatic rings. The Kier molecular flexibility index (Phi) is 5.17.